The molecule has 1 saturated heterocycles. The van der Waals surface area contributed by atoms with Crippen LogP contribution < -0.4 is 10.1 Å². The number of carbonyl (C=O) groups is 2. The first-order valence-corrected chi connectivity index (χ1v) is 13.2. The van der Waals surface area contributed by atoms with E-state index < -0.39 is 6.04 Å². The fourth-order valence-electron chi connectivity index (χ4n) is 5.05. The van der Waals surface area contributed by atoms with Crippen molar-refractivity contribution in [1.29, 1.82) is 0 Å². The number of carbonyl (C=O) groups excluding carboxylic acids is 2. The van der Waals surface area contributed by atoms with Gasteiger partial charge in [-0.15, -0.1) is 5.10 Å². The zero-order valence-electron chi connectivity index (χ0n) is 22.2. The number of rotatable bonds is 10. The minimum absolute atomic E-state index is 0.0219. The van der Waals surface area contributed by atoms with Crippen LogP contribution in [0.3, 0.4) is 0 Å². The van der Waals surface area contributed by atoms with Crippen LogP contribution in [-0.2, 0) is 27.4 Å². The number of benzene rings is 3. The lowest BCUT2D eigenvalue weighted by molar-refractivity contribution is -0.142. The van der Waals surface area contributed by atoms with E-state index in [9.17, 15) is 9.59 Å². The summed E-state index contributed by atoms with van der Waals surface area (Å²) in [6.45, 7) is 3.14. The summed E-state index contributed by atoms with van der Waals surface area (Å²) in [6.07, 6.45) is 1.86. The Kier molecular flexibility index (Phi) is 8.17. The van der Waals surface area contributed by atoms with Crippen molar-refractivity contribution in [2.45, 2.75) is 45.0 Å². The molecule has 1 fully saturated rings. The molecule has 1 aromatic heterocycles. The van der Waals surface area contributed by atoms with E-state index in [1.54, 1.807) is 16.7 Å². The van der Waals surface area contributed by atoms with Gasteiger partial charge in [0.25, 0.3) is 0 Å². The Balaban J connectivity index is 1.53. The lowest BCUT2D eigenvalue weighted by Gasteiger charge is -2.33. The molecule has 4 aromatic rings. The van der Waals surface area contributed by atoms with Gasteiger partial charge in [-0.3, -0.25) is 9.59 Å². The minimum atomic E-state index is -0.875. The summed E-state index contributed by atoms with van der Waals surface area (Å²) >= 11 is 0. The maximum Gasteiger partial charge on any atom is 0.247 e. The van der Waals surface area contributed by atoms with Gasteiger partial charge in [-0.1, -0.05) is 59.8 Å². The molecule has 0 aliphatic carbocycles. The molecule has 1 N–H and O–H groups in total. The molecule has 9 heteroatoms. The van der Waals surface area contributed by atoms with Gasteiger partial charge >= 0.3 is 0 Å². The van der Waals surface area contributed by atoms with E-state index in [1.807, 2.05) is 79.7 Å². The highest BCUT2D eigenvalue weighted by Gasteiger charge is 2.34. The summed E-state index contributed by atoms with van der Waals surface area (Å²) in [6, 6.07) is 21.8. The predicted octanol–water partition coefficient (Wildman–Crippen LogP) is 3.81. The van der Waals surface area contributed by atoms with Crippen molar-refractivity contribution in [2.75, 3.05) is 20.3 Å². The molecule has 2 atom stereocenters. The Hall–Kier alpha value is -4.24. The summed E-state index contributed by atoms with van der Waals surface area (Å²) in [5, 5.41) is 11.5. The van der Waals surface area contributed by atoms with Gasteiger partial charge < -0.3 is 19.7 Å². The van der Waals surface area contributed by atoms with Gasteiger partial charge in [0.05, 0.1) is 25.3 Å². The summed E-state index contributed by atoms with van der Waals surface area (Å²) in [4.78, 5) is 29.7. The normalized spacial score (nSPS) is 15.7. The topological polar surface area (TPSA) is 98.6 Å². The molecule has 2 heterocycles. The van der Waals surface area contributed by atoms with Gasteiger partial charge in [0.2, 0.25) is 11.8 Å². The fraction of sp³-hybridized carbons (Fsp3) is 0.333. The third-order valence-electron chi connectivity index (χ3n) is 7.13. The molecule has 0 spiro atoms. The summed E-state index contributed by atoms with van der Waals surface area (Å²) in [7, 11) is 1.60. The SMILES string of the molecule is COc1ccccc1CN(C(=O)Cn1nnc2ccccc21)[C@H](C(=O)NC[C@@H]1CCCO1)c1ccccc1C. The van der Waals surface area contributed by atoms with Crippen LogP contribution in [0.2, 0.25) is 0 Å². The fourth-order valence-corrected chi connectivity index (χ4v) is 5.05. The molecule has 0 saturated carbocycles. The highest BCUT2D eigenvalue weighted by atomic mass is 16.5. The molecule has 2 amide bonds. The molecular formula is C30H33N5O4. The number of fused-ring (bicyclic) bond motifs is 1. The molecule has 5 rings (SSSR count). The molecular weight excluding hydrogens is 494 g/mol. The van der Waals surface area contributed by atoms with Crippen molar-refractivity contribution in [1.82, 2.24) is 25.2 Å². The van der Waals surface area contributed by atoms with E-state index in [2.05, 4.69) is 15.6 Å². The van der Waals surface area contributed by atoms with Crippen LogP contribution in [0.4, 0.5) is 0 Å². The number of aromatic nitrogens is 3. The van der Waals surface area contributed by atoms with Gasteiger partial charge in [0, 0.05) is 18.7 Å². The zero-order chi connectivity index (χ0) is 27.2. The van der Waals surface area contributed by atoms with Crippen molar-refractivity contribution < 1.29 is 19.1 Å². The van der Waals surface area contributed by atoms with Crippen LogP contribution in [0.15, 0.2) is 72.8 Å². The summed E-state index contributed by atoms with van der Waals surface area (Å²) in [5.74, 6) is 0.119. The lowest BCUT2D eigenvalue weighted by atomic mass is 9.98. The second-order valence-corrected chi connectivity index (χ2v) is 9.71. The van der Waals surface area contributed by atoms with E-state index >= 15 is 0 Å². The van der Waals surface area contributed by atoms with Gasteiger partial charge in [-0.25, -0.2) is 4.68 Å². The lowest BCUT2D eigenvalue weighted by Crippen LogP contribution is -2.46. The van der Waals surface area contributed by atoms with E-state index in [0.29, 0.717) is 24.4 Å². The second kappa shape index (κ2) is 12.1. The Labute approximate surface area is 227 Å². The third-order valence-corrected chi connectivity index (χ3v) is 7.13. The van der Waals surface area contributed by atoms with Crippen molar-refractivity contribution in [3.05, 3.63) is 89.5 Å². The Morgan fingerprint density at radius 3 is 2.67 bits per heavy atom. The number of nitrogens with zero attached hydrogens (tertiary/aromatic N) is 4. The smallest absolute Gasteiger partial charge is 0.247 e. The van der Waals surface area contributed by atoms with E-state index in [4.69, 9.17) is 9.47 Å². The predicted molar refractivity (Wildman–Crippen MR) is 147 cm³/mol. The average Bonchev–Trinajstić information content (AvgIpc) is 3.63. The third kappa shape index (κ3) is 5.93. The molecule has 1 aliphatic heterocycles. The molecule has 202 valence electrons. The van der Waals surface area contributed by atoms with Crippen LogP contribution in [0.25, 0.3) is 11.0 Å². The average molecular weight is 528 g/mol. The van der Waals surface area contributed by atoms with Crippen LogP contribution in [0.5, 0.6) is 5.75 Å². The van der Waals surface area contributed by atoms with Crippen LogP contribution in [-0.4, -0.2) is 58.1 Å². The van der Waals surface area contributed by atoms with Crippen molar-refractivity contribution >= 4 is 22.8 Å². The number of ether oxygens (including phenoxy) is 2. The number of hydrogen-bond donors (Lipinski definition) is 1. The van der Waals surface area contributed by atoms with Gasteiger partial charge in [-0.2, -0.15) is 0 Å². The van der Waals surface area contributed by atoms with E-state index in [0.717, 1.165) is 35.0 Å². The van der Waals surface area contributed by atoms with E-state index in [-0.39, 0.29) is 31.0 Å². The van der Waals surface area contributed by atoms with E-state index in [1.165, 1.54) is 0 Å². The number of hydrogen-bond acceptors (Lipinski definition) is 6. The van der Waals surface area contributed by atoms with Crippen molar-refractivity contribution in [3.8, 4) is 5.75 Å². The first-order chi connectivity index (χ1) is 19.0. The molecule has 0 unspecified atom stereocenters. The number of amides is 2. The monoisotopic (exact) mass is 527 g/mol. The summed E-state index contributed by atoms with van der Waals surface area (Å²) in [5.41, 5.74) is 3.92. The minimum Gasteiger partial charge on any atom is -0.496 e. The van der Waals surface area contributed by atoms with Crippen LogP contribution in [0.1, 0.15) is 35.6 Å². The van der Waals surface area contributed by atoms with Crippen molar-refractivity contribution in [2.24, 2.45) is 0 Å². The molecule has 1 aliphatic rings. The number of aryl methyl sites for hydroxylation is 1. The highest BCUT2D eigenvalue weighted by molar-refractivity contribution is 5.89. The Morgan fingerprint density at radius 1 is 1.10 bits per heavy atom. The number of para-hydroxylation sites is 2. The first kappa shape index (κ1) is 26.4. The molecule has 3 aromatic carbocycles. The van der Waals surface area contributed by atoms with Crippen LogP contribution in [0, 0.1) is 6.92 Å². The molecule has 0 radical (unpaired) electrons. The zero-order valence-corrected chi connectivity index (χ0v) is 22.2. The van der Waals surface area contributed by atoms with Crippen LogP contribution >= 0.6 is 0 Å². The maximum absolute atomic E-state index is 14.1. The Morgan fingerprint density at radius 2 is 1.87 bits per heavy atom. The quantitative estimate of drug-likeness (QED) is 0.337. The largest absolute Gasteiger partial charge is 0.496 e. The second-order valence-electron chi connectivity index (χ2n) is 9.71. The van der Waals surface area contributed by atoms with Gasteiger partial charge in [0.1, 0.15) is 23.9 Å². The molecule has 9 nitrogen and oxygen atoms in total. The molecule has 39 heavy (non-hydrogen) atoms. The highest BCUT2D eigenvalue weighted by Crippen LogP contribution is 2.29. The summed E-state index contributed by atoms with van der Waals surface area (Å²) < 4.78 is 12.9. The maximum atomic E-state index is 14.1. The number of methoxy groups -OCH3 is 1. The first-order valence-electron chi connectivity index (χ1n) is 13.2. The van der Waals surface area contributed by atoms with Crippen molar-refractivity contribution in [3.63, 3.8) is 0 Å². The standard InChI is InChI=1S/C30H33N5O4/c1-21-10-3-5-13-24(21)29(30(37)31-18-23-12-9-17-39-23)34(19-22-11-4-8-16-27(22)38-2)28(36)20-35-26-15-7-6-14-25(26)32-33-35/h3-8,10-11,13-16,23,29H,9,12,17-20H2,1-2H3,(H,31,37)/t23-,29-/m0/s1. The van der Waals surface area contributed by atoms with Gasteiger partial charge in [0.15, 0.2) is 0 Å². The Bertz CT molecular complexity index is 1450. The number of nitrogens with one attached hydrogen (secondary N) is 1. The molecule has 0 bridgehead atoms. The van der Waals surface area contributed by atoms with Gasteiger partial charge in [-0.05, 0) is 49.1 Å².